The van der Waals surface area contributed by atoms with E-state index in [2.05, 4.69) is 46.1 Å². The molecule has 5 rings (SSSR count). The summed E-state index contributed by atoms with van der Waals surface area (Å²) in [6, 6.07) is 21.6. The van der Waals surface area contributed by atoms with Gasteiger partial charge in [0.1, 0.15) is 11.4 Å². The highest BCUT2D eigenvalue weighted by molar-refractivity contribution is 5.78. The molecule has 0 amide bonds. The first-order valence-corrected chi connectivity index (χ1v) is 10.5. The largest absolute Gasteiger partial charge is 0.497 e. The van der Waals surface area contributed by atoms with Crippen LogP contribution in [-0.2, 0) is 0 Å². The Morgan fingerprint density at radius 2 is 1.93 bits per heavy atom. The number of rotatable bonds is 5. The number of aromatic nitrogens is 3. The molecule has 1 aliphatic rings. The molecule has 30 heavy (non-hydrogen) atoms. The lowest BCUT2D eigenvalue weighted by Gasteiger charge is -2.31. The van der Waals surface area contributed by atoms with E-state index in [1.165, 1.54) is 17.5 Å². The lowest BCUT2D eigenvalue weighted by molar-refractivity contribution is 0.194. The Morgan fingerprint density at radius 3 is 2.73 bits per heavy atom. The molecule has 0 bridgehead atoms. The highest BCUT2D eigenvalue weighted by atomic mass is 16.5. The summed E-state index contributed by atoms with van der Waals surface area (Å²) in [5.74, 6) is 1.72. The molecule has 1 N–H and O–H groups in total. The van der Waals surface area contributed by atoms with Gasteiger partial charge in [-0.2, -0.15) is 0 Å². The summed E-state index contributed by atoms with van der Waals surface area (Å²) in [5, 5.41) is 0. The zero-order valence-corrected chi connectivity index (χ0v) is 17.4. The van der Waals surface area contributed by atoms with Crippen molar-refractivity contribution >= 4 is 11.0 Å². The topological polar surface area (TPSA) is 54.0 Å². The van der Waals surface area contributed by atoms with Crippen LogP contribution >= 0.6 is 0 Å². The van der Waals surface area contributed by atoms with Gasteiger partial charge in [0.2, 0.25) is 0 Å². The first-order chi connectivity index (χ1) is 14.7. The molecule has 0 unspecified atom stereocenters. The van der Waals surface area contributed by atoms with Gasteiger partial charge in [0.15, 0.2) is 5.82 Å². The number of para-hydroxylation sites is 2. The summed E-state index contributed by atoms with van der Waals surface area (Å²) in [6.45, 7) is 3.39. The van der Waals surface area contributed by atoms with Gasteiger partial charge in [-0.25, -0.2) is 4.98 Å². The molecule has 0 aliphatic carbocycles. The Labute approximate surface area is 176 Å². The molecule has 5 heteroatoms. The van der Waals surface area contributed by atoms with Crippen LogP contribution in [0, 0.1) is 0 Å². The van der Waals surface area contributed by atoms with Gasteiger partial charge in [-0.3, -0.25) is 9.88 Å². The monoisotopic (exact) mass is 398 g/mol. The molecule has 2 aromatic heterocycles. The SMILES string of the molecule is COc1ccc([C@@H](C)N2CCC[C@H]2c2ccnc(-c3nc4ccccc4[nH]3)c2)cc1. The Bertz CT molecular complexity index is 1120. The Kier molecular flexibility index (Phi) is 4.97. The van der Waals surface area contributed by atoms with Gasteiger partial charge in [-0.05, 0) is 73.8 Å². The van der Waals surface area contributed by atoms with Crippen LogP contribution in [-0.4, -0.2) is 33.5 Å². The third-order valence-electron chi connectivity index (χ3n) is 6.19. The smallest absolute Gasteiger partial charge is 0.157 e. The summed E-state index contributed by atoms with van der Waals surface area (Å²) in [4.78, 5) is 15.3. The third kappa shape index (κ3) is 3.46. The summed E-state index contributed by atoms with van der Waals surface area (Å²) >= 11 is 0. The predicted molar refractivity (Wildman–Crippen MR) is 119 cm³/mol. The average molecular weight is 399 g/mol. The molecule has 1 fully saturated rings. The van der Waals surface area contributed by atoms with E-state index >= 15 is 0 Å². The van der Waals surface area contributed by atoms with Gasteiger partial charge in [0.25, 0.3) is 0 Å². The van der Waals surface area contributed by atoms with Crippen LogP contribution in [0.25, 0.3) is 22.6 Å². The third-order valence-corrected chi connectivity index (χ3v) is 6.19. The van der Waals surface area contributed by atoms with Crippen LogP contribution in [0.1, 0.15) is 43.0 Å². The number of nitrogens with one attached hydrogen (secondary N) is 1. The van der Waals surface area contributed by atoms with E-state index in [9.17, 15) is 0 Å². The van der Waals surface area contributed by atoms with Crippen molar-refractivity contribution in [2.45, 2.75) is 31.8 Å². The van der Waals surface area contributed by atoms with Gasteiger partial charge in [0.05, 0.1) is 18.1 Å². The molecule has 0 saturated carbocycles. The van der Waals surface area contributed by atoms with Crippen LogP contribution in [0.4, 0.5) is 0 Å². The molecule has 0 radical (unpaired) electrons. The second-order valence-electron chi connectivity index (χ2n) is 7.92. The zero-order valence-electron chi connectivity index (χ0n) is 17.4. The first-order valence-electron chi connectivity index (χ1n) is 10.5. The number of nitrogens with zero attached hydrogens (tertiary/aromatic N) is 3. The molecule has 3 heterocycles. The molecule has 5 nitrogen and oxygen atoms in total. The number of hydrogen-bond donors (Lipinski definition) is 1. The maximum Gasteiger partial charge on any atom is 0.157 e. The zero-order chi connectivity index (χ0) is 20.5. The summed E-state index contributed by atoms with van der Waals surface area (Å²) in [7, 11) is 1.71. The fourth-order valence-electron chi connectivity index (χ4n) is 4.54. The number of likely N-dealkylation sites (tertiary alicyclic amines) is 1. The van der Waals surface area contributed by atoms with Gasteiger partial charge in [0, 0.05) is 18.3 Å². The number of H-pyrrole nitrogens is 1. The number of hydrogen-bond acceptors (Lipinski definition) is 4. The van der Waals surface area contributed by atoms with E-state index in [4.69, 9.17) is 9.72 Å². The van der Waals surface area contributed by atoms with E-state index in [-0.39, 0.29) is 0 Å². The Morgan fingerprint density at radius 1 is 1.10 bits per heavy atom. The second kappa shape index (κ2) is 7.92. The molecule has 152 valence electrons. The van der Waals surface area contributed by atoms with Crippen molar-refractivity contribution in [1.29, 1.82) is 0 Å². The lowest BCUT2D eigenvalue weighted by atomic mass is 10.0. The minimum absolute atomic E-state index is 0.339. The van der Waals surface area contributed by atoms with Crippen molar-refractivity contribution in [2.75, 3.05) is 13.7 Å². The van der Waals surface area contributed by atoms with E-state index in [1.807, 2.05) is 42.6 Å². The van der Waals surface area contributed by atoms with Crippen LogP contribution in [0.2, 0.25) is 0 Å². The molecule has 1 saturated heterocycles. The van der Waals surface area contributed by atoms with Crippen molar-refractivity contribution in [3.8, 4) is 17.3 Å². The van der Waals surface area contributed by atoms with Gasteiger partial charge >= 0.3 is 0 Å². The molecular formula is C25H26N4O. The number of pyridine rings is 1. The maximum absolute atomic E-state index is 5.31. The fraction of sp³-hybridized carbons (Fsp3) is 0.280. The summed E-state index contributed by atoms with van der Waals surface area (Å²) in [5.41, 5.74) is 5.52. The first kappa shape index (κ1) is 18.8. The fourth-order valence-corrected chi connectivity index (χ4v) is 4.54. The van der Waals surface area contributed by atoms with Gasteiger partial charge < -0.3 is 9.72 Å². The van der Waals surface area contributed by atoms with Gasteiger partial charge in [-0.1, -0.05) is 24.3 Å². The van der Waals surface area contributed by atoms with Crippen LogP contribution in [0.15, 0.2) is 66.9 Å². The standard InChI is InChI=1S/C25H26N4O/c1-17(18-9-11-20(30-2)12-10-18)29-15-5-8-24(29)19-13-14-26-23(16-19)25-27-21-6-3-4-7-22(21)28-25/h3-4,6-7,9-14,16-17,24H,5,8,15H2,1-2H3,(H,27,28)/t17-,24+/m1/s1. The van der Waals surface area contributed by atoms with E-state index in [0.29, 0.717) is 12.1 Å². The number of benzene rings is 2. The average Bonchev–Trinajstić information content (AvgIpc) is 3.46. The predicted octanol–water partition coefficient (Wildman–Crippen LogP) is 5.53. The number of fused-ring (bicyclic) bond motifs is 1. The quantitative estimate of drug-likeness (QED) is 0.480. The van der Waals surface area contributed by atoms with Crippen LogP contribution in [0.3, 0.4) is 0 Å². The molecule has 1 aliphatic heterocycles. The second-order valence-corrected chi connectivity index (χ2v) is 7.92. The number of ether oxygens (including phenoxy) is 1. The lowest BCUT2D eigenvalue weighted by Crippen LogP contribution is -2.26. The highest BCUT2D eigenvalue weighted by Crippen LogP contribution is 2.39. The Hall–Kier alpha value is -3.18. The van der Waals surface area contributed by atoms with E-state index in [0.717, 1.165) is 41.3 Å². The molecule has 2 aromatic carbocycles. The van der Waals surface area contributed by atoms with Crippen molar-refractivity contribution in [1.82, 2.24) is 19.9 Å². The minimum Gasteiger partial charge on any atom is -0.497 e. The van der Waals surface area contributed by atoms with Crippen molar-refractivity contribution in [3.63, 3.8) is 0 Å². The summed E-state index contributed by atoms with van der Waals surface area (Å²) < 4.78 is 5.31. The van der Waals surface area contributed by atoms with E-state index in [1.54, 1.807) is 7.11 Å². The van der Waals surface area contributed by atoms with E-state index < -0.39 is 0 Å². The number of imidazole rings is 1. The van der Waals surface area contributed by atoms with Crippen LogP contribution in [0.5, 0.6) is 5.75 Å². The van der Waals surface area contributed by atoms with Gasteiger partial charge in [-0.15, -0.1) is 0 Å². The molecule has 2 atom stereocenters. The van der Waals surface area contributed by atoms with Crippen molar-refractivity contribution < 1.29 is 4.74 Å². The number of methoxy groups -OCH3 is 1. The van der Waals surface area contributed by atoms with Crippen molar-refractivity contribution in [2.24, 2.45) is 0 Å². The van der Waals surface area contributed by atoms with Crippen molar-refractivity contribution in [3.05, 3.63) is 78.0 Å². The molecule has 0 spiro atoms. The number of aromatic amines is 1. The molecule has 4 aromatic rings. The maximum atomic E-state index is 5.31. The molecular weight excluding hydrogens is 372 g/mol. The highest BCUT2D eigenvalue weighted by Gasteiger charge is 2.30. The van der Waals surface area contributed by atoms with Crippen LogP contribution < -0.4 is 4.74 Å². The summed E-state index contributed by atoms with van der Waals surface area (Å²) in [6.07, 6.45) is 4.27. The minimum atomic E-state index is 0.339. The Balaban J connectivity index is 1.43. The normalized spacial score (nSPS) is 18.0.